The maximum Gasteiger partial charge on any atom is 0.0868 e. The second-order valence-corrected chi connectivity index (χ2v) is 13.3. The highest BCUT2D eigenvalue weighted by Crippen LogP contribution is 2.67. The molecule has 3 fully saturated rings. The van der Waals surface area contributed by atoms with Crippen molar-refractivity contribution in [1.82, 2.24) is 0 Å². The van der Waals surface area contributed by atoms with Crippen LogP contribution in [-0.2, 0) is 5.60 Å². The molecule has 0 heterocycles. The van der Waals surface area contributed by atoms with Gasteiger partial charge in [0.15, 0.2) is 0 Å². The van der Waals surface area contributed by atoms with Gasteiger partial charge in [0.05, 0.1) is 11.2 Å². The lowest BCUT2D eigenvalue weighted by atomic mass is 9.46. The van der Waals surface area contributed by atoms with Gasteiger partial charge in [-0.2, -0.15) is 0 Å². The normalized spacial score (nSPS) is 44.2. The minimum atomic E-state index is -0.723. The van der Waals surface area contributed by atoms with Crippen LogP contribution in [0.1, 0.15) is 104 Å². The molecule has 33 heavy (non-hydrogen) atoms. The number of hydrogen-bond donors (Lipinski definition) is 2. The van der Waals surface area contributed by atoms with Crippen LogP contribution in [0.25, 0.3) is 0 Å². The van der Waals surface area contributed by atoms with Crippen LogP contribution in [0.15, 0.2) is 42.0 Å². The summed E-state index contributed by atoms with van der Waals surface area (Å²) < 4.78 is 0. The number of rotatable bonds is 5. The van der Waals surface area contributed by atoms with E-state index in [0.717, 1.165) is 61.3 Å². The van der Waals surface area contributed by atoms with E-state index < -0.39 is 11.2 Å². The molecule has 0 spiro atoms. The number of allylic oxidation sites excluding steroid dienone is 1. The predicted octanol–water partition coefficient (Wildman–Crippen LogP) is 7.39. The molecule has 4 aliphatic rings. The highest BCUT2D eigenvalue weighted by Gasteiger charge is 2.58. The van der Waals surface area contributed by atoms with Gasteiger partial charge in [-0.3, -0.25) is 0 Å². The molecule has 0 saturated heterocycles. The van der Waals surface area contributed by atoms with Gasteiger partial charge in [0.25, 0.3) is 0 Å². The fourth-order valence-electron chi connectivity index (χ4n) is 9.02. The van der Waals surface area contributed by atoms with Gasteiger partial charge in [-0.25, -0.2) is 0 Å². The average Bonchev–Trinajstić information content (AvgIpc) is 3.11. The molecule has 0 bridgehead atoms. The topological polar surface area (TPSA) is 40.5 Å². The summed E-state index contributed by atoms with van der Waals surface area (Å²) in [7, 11) is 0. The lowest BCUT2D eigenvalue weighted by Crippen LogP contribution is -2.51. The van der Waals surface area contributed by atoms with E-state index >= 15 is 0 Å². The zero-order valence-corrected chi connectivity index (χ0v) is 21.4. The third kappa shape index (κ3) is 4.04. The molecule has 0 aromatic heterocycles. The minimum absolute atomic E-state index is 0.318. The molecule has 0 amide bonds. The summed E-state index contributed by atoms with van der Waals surface area (Å²) in [6.07, 6.45) is 15.5. The van der Waals surface area contributed by atoms with E-state index in [2.05, 4.69) is 32.1 Å². The summed E-state index contributed by atoms with van der Waals surface area (Å²) in [5.41, 5.74) is 2.19. The molecule has 2 nitrogen and oxygen atoms in total. The summed E-state index contributed by atoms with van der Waals surface area (Å²) in [5.74, 6) is 3.30. The summed E-state index contributed by atoms with van der Waals surface area (Å²) in [4.78, 5) is 0. The van der Waals surface area contributed by atoms with Gasteiger partial charge < -0.3 is 10.2 Å². The fourth-order valence-corrected chi connectivity index (χ4v) is 9.02. The molecule has 1 aromatic carbocycles. The van der Waals surface area contributed by atoms with Crippen molar-refractivity contribution in [3.63, 3.8) is 0 Å². The van der Waals surface area contributed by atoms with Crippen LogP contribution < -0.4 is 0 Å². The monoisotopic (exact) mass is 450 g/mol. The quantitative estimate of drug-likeness (QED) is 0.459. The van der Waals surface area contributed by atoms with Crippen molar-refractivity contribution < 1.29 is 10.2 Å². The van der Waals surface area contributed by atoms with Crippen molar-refractivity contribution in [3.05, 3.63) is 47.5 Å². The standard InChI is InChI=1S/C31H46O2/c1-28(32)19-20-30(3)24(21-28)12-14-25-26-15-13-22(29(26,2)18-16-27(25)30)11-8-17-31(4,33)23-9-6-5-7-10-23/h5-7,9-10,12,22,25-27,32-33H,8,11,13-21H2,1-4H3/t22?,25?,26?,27?,28-,29?,30?,31?/m0/s1. The summed E-state index contributed by atoms with van der Waals surface area (Å²) >= 11 is 0. The molecule has 7 unspecified atom stereocenters. The Hall–Kier alpha value is -1.12. The van der Waals surface area contributed by atoms with Gasteiger partial charge in [0.1, 0.15) is 0 Å². The molecule has 8 atom stereocenters. The van der Waals surface area contributed by atoms with Gasteiger partial charge in [0.2, 0.25) is 0 Å². The Kier molecular flexibility index (Phi) is 5.89. The van der Waals surface area contributed by atoms with Crippen molar-refractivity contribution >= 4 is 0 Å². The van der Waals surface area contributed by atoms with E-state index in [1.807, 2.05) is 32.0 Å². The van der Waals surface area contributed by atoms with E-state index in [1.54, 1.807) is 5.57 Å². The van der Waals surface area contributed by atoms with Crippen LogP contribution >= 0.6 is 0 Å². The lowest BCUT2D eigenvalue weighted by molar-refractivity contribution is -0.0665. The molecule has 2 heteroatoms. The molecule has 1 aromatic rings. The Morgan fingerprint density at radius 1 is 0.970 bits per heavy atom. The molecule has 4 aliphatic carbocycles. The highest BCUT2D eigenvalue weighted by atomic mass is 16.3. The van der Waals surface area contributed by atoms with E-state index in [4.69, 9.17) is 0 Å². The lowest BCUT2D eigenvalue weighted by Gasteiger charge is -2.59. The van der Waals surface area contributed by atoms with E-state index in [0.29, 0.717) is 10.8 Å². The van der Waals surface area contributed by atoms with E-state index in [1.165, 1.54) is 38.5 Å². The number of hydrogen-bond acceptors (Lipinski definition) is 2. The predicted molar refractivity (Wildman–Crippen MR) is 136 cm³/mol. The number of aliphatic hydroxyl groups is 2. The van der Waals surface area contributed by atoms with Crippen molar-refractivity contribution in [2.24, 2.45) is 34.5 Å². The molecule has 0 radical (unpaired) electrons. The van der Waals surface area contributed by atoms with Crippen molar-refractivity contribution in [2.45, 2.75) is 110 Å². The first-order valence-electron chi connectivity index (χ1n) is 13.8. The Morgan fingerprint density at radius 3 is 2.48 bits per heavy atom. The fraction of sp³-hybridized carbons (Fsp3) is 0.742. The zero-order valence-electron chi connectivity index (χ0n) is 21.4. The third-order valence-corrected chi connectivity index (χ3v) is 11.2. The highest BCUT2D eigenvalue weighted by molar-refractivity contribution is 5.27. The van der Waals surface area contributed by atoms with Crippen LogP contribution in [-0.4, -0.2) is 15.8 Å². The van der Waals surface area contributed by atoms with Crippen LogP contribution in [0.5, 0.6) is 0 Å². The van der Waals surface area contributed by atoms with Crippen LogP contribution in [0.2, 0.25) is 0 Å². The first kappa shape index (κ1) is 23.6. The summed E-state index contributed by atoms with van der Waals surface area (Å²) in [5, 5.41) is 21.8. The molecule has 182 valence electrons. The first-order valence-corrected chi connectivity index (χ1v) is 13.8. The summed E-state index contributed by atoms with van der Waals surface area (Å²) in [6.45, 7) is 9.18. The van der Waals surface area contributed by atoms with Gasteiger partial charge in [-0.1, -0.05) is 55.8 Å². The maximum atomic E-state index is 11.1. The maximum absolute atomic E-state index is 11.1. The SMILES string of the molecule is CC(O)(CCCC1CCC2C3CC=C4C[C@@](C)(O)CCC4(C)C3CCC12C)c1ccccc1. The largest absolute Gasteiger partial charge is 0.390 e. The first-order chi connectivity index (χ1) is 15.6. The Labute approximate surface area is 201 Å². The smallest absolute Gasteiger partial charge is 0.0868 e. The molecular weight excluding hydrogens is 404 g/mol. The molecule has 5 rings (SSSR count). The van der Waals surface area contributed by atoms with Crippen molar-refractivity contribution in [1.29, 1.82) is 0 Å². The van der Waals surface area contributed by atoms with E-state index in [-0.39, 0.29) is 0 Å². The molecule has 0 aliphatic heterocycles. The van der Waals surface area contributed by atoms with Gasteiger partial charge in [-0.15, -0.1) is 0 Å². The number of fused-ring (bicyclic) bond motifs is 5. The van der Waals surface area contributed by atoms with Crippen LogP contribution in [0, 0.1) is 34.5 Å². The zero-order chi connectivity index (χ0) is 23.5. The Morgan fingerprint density at radius 2 is 1.73 bits per heavy atom. The van der Waals surface area contributed by atoms with E-state index in [9.17, 15) is 10.2 Å². The van der Waals surface area contributed by atoms with Crippen LogP contribution in [0.3, 0.4) is 0 Å². The Balaban J connectivity index is 1.26. The number of benzene rings is 1. The van der Waals surface area contributed by atoms with Gasteiger partial charge in [-0.05, 0) is 125 Å². The van der Waals surface area contributed by atoms with Gasteiger partial charge in [0, 0.05) is 0 Å². The van der Waals surface area contributed by atoms with Crippen molar-refractivity contribution in [3.8, 4) is 0 Å². The third-order valence-electron chi connectivity index (χ3n) is 11.2. The second kappa shape index (κ2) is 8.23. The minimum Gasteiger partial charge on any atom is -0.390 e. The average molecular weight is 451 g/mol. The Bertz CT molecular complexity index is 883. The van der Waals surface area contributed by atoms with Gasteiger partial charge >= 0.3 is 0 Å². The molecule has 2 N–H and O–H groups in total. The van der Waals surface area contributed by atoms with Crippen molar-refractivity contribution in [2.75, 3.05) is 0 Å². The van der Waals surface area contributed by atoms with Crippen LogP contribution in [0.4, 0.5) is 0 Å². The summed E-state index contributed by atoms with van der Waals surface area (Å²) in [6, 6.07) is 10.2. The molecular formula is C31H46O2. The second-order valence-electron chi connectivity index (χ2n) is 13.3. The molecule has 3 saturated carbocycles.